The number of hydrogen-bond acceptors (Lipinski definition) is 5. The highest BCUT2D eigenvalue weighted by molar-refractivity contribution is 7.07. The zero-order valence-corrected chi connectivity index (χ0v) is 11.5. The van der Waals surface area contributed by atoms with Gasteiger partial charge in [-0.05, 0) is 28.8 Å². The van der Waals surface area contributed by atoms with Gasteiger partial charge in [-0.3, -0.25) is 4.79 Å². The molecule has 0 aliphatic carbocycles. The van der Waals surface area contributed by atoms with E-state index in [0.717, 1.165) is 12.0 Å². The van der Waals surface area contributed by atoms with Crippen LogP contribution in [0.5, 0.6) is 0 Å². The summed E-state index contributed by atoms with van der Waals surface area (Å²) in [5.41, 5.74) is 1.02. The van der Waals surface area contributed by atoms with Crippen molar-refractivity contribution in [3.63, 3.8) is 0 Å². The van der Waals surface area contributed by atoms with Gasteiger partial charge in [-0.1, -0.05) is 0 Å². The van der Waals surface area contributed by atoms with E-state index in [1.807, 2.05) is 16.8 Å². The molecule has 1 aromatic heterocycles. The lowest BCUT2D eigenvalue weighted by Gasteiger charge is -2.32. The normalized spacial score (nSPS) is 23.2. The van der Waals surface area contributed by atoms with E-state index in [9.17, 15) is 4.79 Å². The third-order valence-corrected chi connectivity index (χ3v) is 3.74. The molecule has 6 heteroatoms. The lowest BCUT2D eigenvalue weighted by atomic mass is 10.1. The van der Waals surface area contributed by atoms with Crippen molar-refractivity contribution in [3.8, 4) is 0 Å². The van der Waals surface area contributed by atoms with E-state index in [-0.39, 0.29) is 24.7 Å². The molecule has 0 aromatic carbocycles. The molecule has 1 saturated heterocycles. The Kier molecular flexibility index (Phi) is 5.78. The number of amides is 1. The lowest BCUT2D eigenvalue weighted by Crippen LogP contribution is -2.51. The van der Waals surface area contributed by atoms with Gasteiger partial charge in [0.25, 0.3) is 0 Å². The smallest absolute Gasteiger partial charge is 0.224 e. The van der Waals surface area contributed by atoms with Crippen LogP contribution in [-0.2, 0) is 20.7 Å². The van der Waals surface area contributed by atoms with Gasteiger partial charge in [-0.15, -0.1) is 0 Å². The fourth-order valence-corrected chi connectivity index (χ4v) is 2.76. The number of carbonyl (C=O) groups is 1. The first-order chi connectivity index (χ1) is 9.29. The fourth-order valence-electron chi connectivity index (χ4n) is 2.09. The molecule has 19 heavy (non-hydrogen) atoms. The van der Waals surface area contributed by atoms with Gasteiger partial charge in [0.15, 0.2) is 0 Å². The van der Waals surface area contributed by atoms with Crippen molar-refractivity contribution in [1.82, 2.24) is 5.32 Å². The van der Waals surface area contributed by atoms with Crippen LogP contribution in [0.25, 0.3) is 0 Å². The molecular formula is C13H19NO4S. The highest BCUT2D eigenvalue weighted by atomic mass is 32.1. The third-order valence-electron chi connectivity index (χ3n) is 3.01. The van der Waals surface area contributed by atoms with Gasteiger partial charge in [-0.2, -0.15) is 11.3 Å². The predicted molar refractivity (Wildman–Crippen MR) is 72.2 cm³/mol. The predicted octanol–water partition coefficient (Wildman–Crippen LogP) is 0.573. The summed E-state index contributed by atoms with van der Waals surface area (Å²) in [4.78, 5) is 11.9. The zero-order valence-electron chi connectivity index (χ0n) is 10.7. The van der Waals surface area contributed by atoms with E-state index < -0.39 is 0 Å². The first kappa shape index (κ1) is 14.5. The van der Waals surface area contributed by atoms with E-state index in [4.69, 9.17) is 14.6 Å². The molecule has 0 radical (unpaired) electrons. The molecule has 5 nitrogen and oxygen atoms in total. The van der Waals surface area contributed by atoms with Crippen LogP contribution in [0.15, 0.2) is 16.8 Å². The quantitative estimate of drug-likeness (QED) is 0.802. The van der Waals surface area contributed by atoms with Crippen LogP contribution in [0.1, 0.15) is 12.0 Å². The molecule has 1 aliphatic rings. The van der Waals surface area contributed by atoms with Gasteiger partial charge in [0.05, 0.1) is 38.4 Å². The molecule has 1 amide bonds. The van der Waals surface area contributed by atoms with Crippen molar-refractivity contribution in [2.45, 2.75) is 25.0 Å². The summed E-state index contributed by atoms with van der Waals surface area (Å²) in [6, 6.07) is 1.81. The van der Waals surface area contributed by atoms with Crippen molar-refractivity contribution in [3.05, 3.63) is 22.4 Å². The number of thiophene rings is 1. The number of aliphatic hydroxyl groups excluding tert-OH is 1. The van der Waals surface area contributed by atoms with Crippen molar-refractivity contribution in [2.24, 2.45) is 0 Å². The van der Waals surface area contributed by atoms with E-state index in [2.05, 4.69) is 5.32 Å². The number of nitrogens with one attached hydrogen (secondary N) is 1. The van der Waals surface area contributed by atoms with Crippen LogP contribution in [0.3, 0.4) is 0 Å². The van der Waals surface area contributed by atoms with Gasteiger partial charge in [0.1, 0.15) is 0 Å². The van der Waals surface area contributed by atoms with Crippen LogP contribution >= 0.6 is 11.3 Å². The summed E-state index contributed by atoms with van der Waals surface area (Å²) in [5.74, 6) is -0.0218. The Hall–Kier alpha value is -0.950. The lowest BCUT2D eigenvalue weighted by molar-refractivity contribution is -0.125. The van der Waals surface area contributed by atoms with Crippen molar-refractivity contribution >= 4 is 17.2 Å². The van der Waals surface area contributed by atoms with Crippen molar-refractivity contribution in [2.75, 3.05) is 26.4 Å². The van der Waals surface area contributed by atoms with Crippen LogP contribution in [-0.4, -0.2) is 49.6 Å². The van der Waals surface area contributed by atoms with Gasteiger partial charge in [-0.25, -0.2) is 0 Å². The minimum atomic E-state index is -0.133. The second kappa shape index (κ2) is 7.59. The Morgan fingerprint density at radius 1 is 1.63 bits per heavy atom. The molecule has 0 saturated carbocycles. The summed E-state index contributed by atoms with van der Waals surface area (Å²) in [5, 5.41) is 15.7. The Bertz CT molecular complexity index is 382. The van der Waals surface area contributed by atoms with Gasteiger partial charge in [0, 0.05) is 6.61 Å². The van der Waals surface area contributed by atoms with Crippen LogP contribution < -0.4 is 5.32 Å². The highest BCUT2D eigenvalue weighted by Gasteiger charge is 2.27. The molecule has 2 atom stereocenters. The van der Waals surface area contributed by atoms with Crippen LogP contribution in [0.4, 0.5) is 0 Å². The molecule has 0 spiro atoms. The van der Waals surface area contributed by atoms with E-state index >= 15 is 0 Å². The molecule has 1 aromatic rings. The SMILES string of the molecule is O=C(Cc1ccsc1)N[C@H]1COCC[C@H]1OCCO. The number of ether oxygens (including phenoxy) is 2. The van der Waals surface area contributed by atoms with E-state index in [1.165, 1.54) is 0 Å². The summed E-state index contributed by atoms with van der Waals surface area (Å²) in [6.45, 7) is 1.38. The largest absolute Gasteiger partial charge is 0.394 e. The monoisotopic (exact) mass is 285 g/mol. The Morgan fingerprint density at radius 3 is 3.26 bits per heavy atom. The topological polar surface area (TPSA) is 67.8 Å². The third kappa shape index (κ3) is 4.58. The van der Waals surface area contributed by atoms with Crippen LogP contribution in [0.2, 0.25) is 0 Å². The second-order valence-electron chi connectivity index (χ2n) is 4.48. The van der Waals surface area contributed by atoms with Crippen molar-refractivity contribution < 1.29 is 19.4 Å². The number of hydrogen-bond donors (Lipinski definition) is 2. The molecule has 0 unspecified atom stereocenters. The van der Waals surface area contributed by atoms with Gasteiger partial charge >= 0.3 is 0 Å². The molecule has 2 heterocycles. The van der Waals surface area contributed by atoms with Gasteiger partial charge in [0.2, 0.25) is 5.91 Å². The fraction of sp³-hybridized carbons (Fsp3) is 0.615. The molecule has 1 fully saturated rings. The summed E-state index contributed by atoms with van der Waals surface area (Å²) in [7, 11) is 0. The highest BCUT2D eigenvalue weighted by Crippen LogP contribution is 2.13. The first-order valence-corrected chi connectivity index (χ1v) is 7.34. The maximum atomic E-state index is 11.9. The Balaban J connectivity index is 1.82. The molecular weight excluding hydrogens is 266 g/mol. The summed E-state index contributed by atoms with van der Waals surface area (Å²) in [6.07, 6.45) is 1.04. The summed E-state index contributed by atoms with van der Waals surface area (Å²) < 4.78 is 10.9. The van der Waals surface area contributed by atoms with E-state index in [1.54, 1.807) is 11.3 Å². The maximum Gasteiger partial charge on any atom is 0.224 e. The number of rotatable bonds is 6. The minimum absolute atomic E-state index is 0.00702. The average Bonchev–Trinajstić information content (AvgIpc) is 2.90. The summed E-state index contributed by atoms with van der Waals surface area (Å²) >= 11 is 1.58. The molecule has 0 bridgehead atoms. The Morgan fingerprint density at radius 2 is 2.53 bits per heavy atom. The molecule has 2 N–H and O–H groups in total. The van der Waals surface area contributed by atoms with E-state index in [0.29, 0.717) is 26.2 Å². The number of aliphatic hydroxyl groups is 1. The zero-order chi connectivity index (χ0) is 13.5. The molecule has 1 aliphatic heterocycles. The second-order valence-corrected chi connectivity index (χ2v) is 5.26. The maximum absolute atomic E-state index is 11.9. The van der Waals surface area contributed by atoms with Gasteiger partial charge < -0.3 is 19.9 Å². The average molecular weight is 285 g/mol. The minimum Gasteiger partial charge on any atom is -0.394 e. The standard InChI is InChI=1S/C13H19NO4S/c15-3-5-18-12-1-4-17-8-11(12)14-13(16)7-10-2-6-19-9-10/h2,6,9,11-12,15H,1,3-5,7-8H2,(H,14,16)/t11-,12+/m0/s1. The Labute approximate surface area is 116 Å². The first-order valence-electron chi connectivity index (χ1n) is 6.40. The van der Waals surface area contributed by atoms with Crippen molar-refractivity contribution in [1.29, 1.82) is 0 Å². The number of carbonyl (C=O) groups excluding carboxylic acids is 1. The molecule has 106 valence electrons. The molecule has 2 rings (SSSR count). The van der Waals surface area contributed by atoms with Crippen LogP contribution in [0, 0.1) is 0 Å².